The molecule has 2 nitrogen and oxygen atoms in total. The van der Waals surface area contributed by atoms with Crippen LogP contribution in [-0.2, 0) is 4.74 Å². The van der Waals surface area contributed by atoms with Crippen molar-refractivity contribution >= 4 is 0 Å². The van der Waals surface area contributed by atoms with Gasteiger partial charge in [-0.1, -0.05) is 25.1 Å². The number of hydrogen-bond donors (Lipinski definition) is 1. The summed E-state index contributed by atoms with van der Waals surface area (Å²) in [6.07, 6.45) is 0.519. The van der Waals surface area contributed by atoms with Crippen molar-refractivity contribution < 1.29 is 9.84 Å². The predicted molar refractivity (Wildman–Crippen MR) is 64.4 cm³/mol. The van der Waals surface area contributed by atoms with E-state index in [1.54, 1.807) is 0 Å². The molecule has 1 heterocycles. The van der Waals surface area contributed by atoms with Crippen molar-refractivity contribution in [2.24, 2.45) is 5.92 Å². The van der Waals surface area contributed by atoms with Crippen molar-refractivity contribution in [2.75, 3.05) is 6.61 Å². The fraction of sp³-hybridized carbons (Fsp3) is 0.571. The molecule has 3 unspecified atom stereocenters. The summed E-state index contributed by atoms with van der Waals surface area (Å²) < 4.78 is 5.60. The first-order valence-electron chi connectivity index (χ1n) is 5.96. The third-order valence-electron chi connectivity index (χ3n) is 3.63. The van der Waals surface area contributed by atoms with Gasteiger partial charge in [0.2, 0.25) is 0 Å². The fourth-order valence-corrected chi connectivity index (χ4v) is 2.26. The second-order valence-corrected chi connectivity index (χ2v) is 4.89. The summed E-state index contributed by atoms with van der Waals surface area (Å²) in [4.78, 5) is 0. The SMILES string of the molecule is Cc1ccc(C(O)C2OCCC2C)cc1C. The van der Waals surface area contributed by atoms with E-state index in [1.165, 1.54) is 11.1 Å². The molecule has 0 aliphatic carbocycles. The number of aliphatic hydroxyl groups excluding tert-OH is 1. The first kappa shape index (κ1) is 11.6. The Bertz CT molecular complexity index is 373. The Kier molecular flexibility index (Phi) is 3.31. The third-order valence-corrected chi connectivity index (χ3v) is 3.63. The Balaban J connectivity index is 2.20. The molecule has 88 valence electrons. The Hall–Kier alpha value is -0.860. The molecule has 0 bridgehead atoms. The van der Waals surface area contributed by atoms with E-state index >= 15 is 0 Å². The minimum absolute atomic E-state index is 0.0397. The normalized spacial score (nSPS) is 27.0. The smallest absolute Gasteiger partial charge is 0.105 e. The van der Waals surface area contributed by atoms with Gasteiger partial charge in [-0.25, -0.2) is 0 Å². The molecule has 1 aromatic rings. The first-order valence-corrected chi connectivity index (χ1v) is 5.96. The lowest BCUT2D eigenvalue weighted by atomic mass is 9.93. The molecule has 0 spiro atoms. The largest absolute Gasteiger partial charge is 0.386 e. The van der Waals surface area contributed by atoms with Gasteiger partial charge < -0.3 is 9.84 Å². The molecular formula is C14H20O2. The topological polar surface area (TPSA) is 29.5 Å². The molecule has 2 heteroatoms. The summed E-state index contributed by atoms with van der Waals surface area (Å²) in [7, 11) is 0. The lowest BCUT2D eigenvalue weighted by Gasteiger charge is -2.22. The van der Waals surface area contributed by atoms with Crippen LogP contribution in [0.1, 0.15) is 36.1 Å². The molecule has 2 rings (SSSR count). The minimum Gasteiger partial charge on any atom is -0.386 e. The number of ether oxygens (including phenoxy) is 1. The van der Waals surface area contributed by atoms with Crippen molar-refractivity contribution in [3.63, 3.8) is 0 Å². The van der Waals surface area contributed by atoms with Crippen molar-refractivity contribution in [3.05, 3.63) is 34.9 Å². The van der Waals surface area contributed by atoms with Gasteiger partial charge in [0.05, 0.1) is 6.10 Å². The Morgan fingerprint density at radius 3 is 2.62 bits per heavy atom. The van der Waals surface area contributed by atoms with Gasteiger partial charge in [0.25, 0.3) is 0 Å². The molecule has 1 aromatic carbocycles. The third kappa shape index (κ3) is 2.13. The van der Waals surface area contributed by atoms with Crippen LogP contribution in [0.3, 0.4) is 0 Å². The zero-order valence-electron chi connectivity index (χ0n) is 10.2. The maximum absolute atomic E-state index is 10.3. The van der Waals surface area contributed by atoms with Gasteiger partial charge in [0, 0.05) is 6.61 Å². The molecule has 0 aromatic heterocycles. The van der Waals surface area contributed by atoms with Crippen LogP contribution in [0.2, 0.25) is 0 Å². The van der Waals surface area contributed by atoms with Crippen LogP contribution >= 0.6 is 0 Å². The second kappa shape index (κ2) is 4.56. The summed E-state index contributed by atoms with van der Waals surface area (Å²) in [6.45, 7) is 7.07. The average Bonchev–Trinajstić information content (AvgIpc) is 2.67. The molecule has 16 heavy (non-hydrogen) atoms. The molecular weight excluding hydrogens is 200 g/mol. The minimum atomic E-state index is -0.489. The van der Waals surface area contributed by atoms with Gasteiger partial charge in [-0.3, -0.25) is 0 Å². The van der Waals surface area contributed by atoms with E-state index in [0.29, 0.717) is 5.92 Å². The maximum atomic E-state index is 10.3. The average molecular weight is 220 g/mol. The molecule has 1 aliphatic rings. The van der Waals surface area contributed by atoms with Crippen LogP contribution in [-0.4, -0.2) is 17.8 Å². The van der Waals surface area contributed by atoms with E-state index in [1.807, 2.05) is 6.07 Å². The van der Waals surface area contributed by atoms with Crippen molar-refractivity contribution in [1.29, 1.82) is 0 Å². The quantitative estimate of drug-likeness (QED) is 0.830. The van der Waals surface area contributed by atoms with E-state index < -0.39 is 6.10 Å². The van der Waals surface area contributed by atoms with Gasteiger partial charge in [-0.05, 0) is 42.9 Å². The molecule has 1 fully saturated rings. The van der Waals surface area contributed by atoms with Gasteiger partial charge in [-0.15, -0.1) is 0 Å². The standard InChI is InChI=1S/C14H20O2/c1-9-4-5-12(8-11(9)3)13(15)14-10(2)6-7-16-14/h4-5,8,10,13-15H,6-7H2,1-3H3. The summed E-state index contributed by atoms with van der Waals surface area (Å²) in [5, 5.41) is 10.3. The molecule has 3 atom stereocenters. The van der Waals surface area contributed by atoms with Gasteiger partial charge in [0.15, 0.2) is 0 Å². The summed E-state index contributed by atoms with van der Waals surface area (Å²) in [5.41, 5.74) is 3.46. The monoisotopic (exact) mass is 220 g/mol. The van der Waals surface area contributed by atoms with E-state index in [4.69, 9.17) is 4.74 Å². The van der Waals surface area contributed by atoms with Crippen LogP contribution in [0, 0.1) is 19.8 Å². The molecule has 1 N–H and O–H groups in total. The Labute approximate surface area is 97.3 Å². The van der Waals surface area contributed by atoms with Crippen LogP contribution < -0.4 is 0 Å². The number of hydrogen-bond acceptors (Lipinski definition) is 2. The highest BCUT2D eigenvalue weighted by atomic mass is 16.5. The van der Waals surface area contributed by atoms with Gasteiger partial charge in [-0.2, -0.15) is 0 Å². The highest BCUT2D eigenvalue weighted by Gasteiger charge is 2.31. The van der Waals surface area contributed by atoms with Crippen molar-refractivity contribution in [3.8, 4) is 0 Å². The molecule has 1 aliphatic heterocycles. The summed E-state index contributed by atoms with van der Waals surface area (Å²) in [6, 6.07) is 6.13. The van der Waals surface area contributed by atoms with E-state index in [9.17, 15) is 5.11 Å². The summed E-state index contributed by atoms with van der Waals surface area (Å²) >= 11 is 0. The van der Waals surface area contributed by atoms with E-state index in [0.717, 1.165) is 18.6 Å². The Morgan fingerprint density at radius 2 is 2.06 bits per heavy atom. The van der Waals surface area contributed by atoms with Crippen LogP contribution in [0.25, 0.3) is 0 Å². The second-order valence-electron chi connectivity index (χ2n) is 4.89. The maximum Gasteiger partial charge on any atom is 0.105 e. The molecule has 0 amide bonds. The lowest BCUT2D eigenvalue weighted by Crippen LogP contribution is -2.23. The van der Waals surface area contributed by atoms with Gasteiger partial charge >= 0.3 is 0 Å². The molecule has 0 saturated carbocycles. The first-order chi connectivity index (χ1) is 7.59. The molecule has 0 radical (unpaired) electrons. The van der Waals surface area contributed by atoms with E-state index in [2.05, 4.69) is 32.9 Å². The Morgan fingerprint density at radius 1 is 1.31 bits per heavy atom. The highest BCUT2D eigenvalue weighted by molar-refractivity contribution is 5.31. The number of rotatable bonds is 2. The zero-order valence-corrected chi connectivity index (χ0v) is 10.2. The van der Waals surface area contributed by atoms with Crippen LogP contribution in [0.15, 0.2) is 18.2 Å². The van der Waals surface area contributed by atoms with Crippen molar-refractivity contribution in [2.45, 2.75) is 39.4 Å². The fourth-order valence-electron chi connectivity index (χ4n) is 2.26. The number of aryl methyl sites for hydroxylation is 2. The van der Waals surface area contributed by atoms with Crippen molar-refractivity contribution in [1.82, 2.24) is 0 Å². The summed E-state index contributed by atoms with van der Waals surface area (Å²) in [5.74, 6) is 0.441. The van der Waals surface area contributed by atoms with Crippen LogP contribution in [0.5, 0.6) is 0 Å². The predicted octanol–water partition coefficient (Wildman–Crippen LogP) is 2.76. The zero-order chi connectivity index (χ0) is 11.7. The van der Waals surface area contributed by atoms with Crippen LogP contribution in [0.4, 0.5) is 0 Å². The highest BCUT2D eigenvalue weighted by Crippen LogP contribution is 2.31. The number of aliphatic hydroxyl groups is 1. The molecule has 1 saturated heterocycles. The van der Waals surface area contributed by atoms with Gasteiger partial charge in [0.1, 0.15) is 6.10 Å². The lowest BCUT2D eigenvalue weighted by molar-refractivity contribution is -0.0178. The van der Waals surface area contributed by atoms with E-state index in [-0.39, 0.29) is 6.10 Å². The number of benzene rings is 1.